The normalized spacial score (nSPS) is 14.8. The molecule has 1 amide bonds. The lowest BCUT2D eigenvalue weighted by molar-refractivity contribution is -0.109. The molecule has 0 aliphatic heterocycles. The Hall–Kier alpha value is -0.330. The van der Waals surface area contributed by atoms with Crippen LogP contribution >= 0.6 is 22.6 Å². The number of hydrogen-bond donors (Lipinski definition) is 1. The van der Waals surface area contributed by atoms with Gasteiger partial charge < -0.3 is 14.8 Å². The number of carbonyl (C=O) groups is 2. The molecule has 0 aromatic rings. The van der Waals surface area contributed by atoms with Gasteiger partial charge in [0.2, 0.25) is 0 Å². The molecule has 0 rings (SSSR count). The first kappa shape index (κ1) is 10.7. The highest BCUT2D eigenvalue weighted by atomic mass is 127. The van der Waals surface area contributed by atoms with Crippen LogP contribution in [0.1, 0.15) is 6.92 Å². The second-order valence-electron chi connectivity index (χ2n) is 1.98. The predicted octanol–water partition coefficient (Wildman–Crippen LogP) is 0.733. The van der Waals surface area contributed by atoms with Gasteiger partial charge in [0.15, 0.2) is 0 Å². The molecule has 5 heteroatoms. The van der Waals surface area contributed by atoms with Gasteiger partial charge in [0.1, 0.15) is 6.29 Å². The van der Waals surface area contributed by atoms with E-state index in [9.17, 15) is 9.59 Å². The first-order chi connectivity index (χ1) is 5.11. The van der Waals surface area contributed by atoms with E-state index < -0.39 is 12.1 Å². The van der Waals surface area contributed by atoms with Crippen molar-refractivity contribution >= 4 is 35.0 Å². The summed E-state index contributed by atoms with van der Waals surface area (Å²) < 4.78 is 4.38. The number of amides is 1. The van der Waals surface area contributed by atoms with Crippen LogP contribution in [0.5, 0.6) is 0 Å². The summed E-state index contributed by atoms with van der Waals surface area (Å²) >= 11 is 2.05. The molecule has 0 bridgehead atoms. The second kappa shape index (κ2) is 5.34. The number of aldehydes is 1. The molecule has 0 aromatic heterocycles. The Labute approximate surface area is 78.8 Å². The minimum atomic E-state index is -0.578. The van der Waals surface area contributed by atoms with E-state index >= 15 is 0 Å². The number of alkyl halides is 1. The highest BCUT2D eigenvalue weighted by Gasteiger charge is 2.15. The molecule has 0 heterocycles. The number of alkyl carbamates (subject to hydrolysis) is 1. The van der Waals surface area contributed by atoms with Gasteiger partial charge in [-0.15, -0.1) is 0 Å². The summed E-state index contributed by atoms with van der Waals surface area (Å²) in [5, 5.41) is 2.38. The third-order valence-electron chi connectivity index (χ3n) is 1.11. The Morgan fingerprint density at radius 1 is 1.73 bits per heavy atom. The van der Waals surface area contributed by atoms with E-state index in [0.717, 1.165) is 0 Å². The molecule has 64 valence electrons. The van der Waals surface area contributed by atoms with Crippen molar-refractivity contribution in [1.82, 2.24) is 5.32 Å². The summed E-state index contributed by atoms with van der Waals surface area (Å²) in [6.07, 6.45) is 0.110. The van der Waals surface area contributed by atoms with E-state index in [1.54, 1.807) is 0 Å². The number of methoxy groups -OCH3 is 1. The highest BCUT2D eigenvalue weighted by molar-refractivity contribution is 14.1. The molecule has 4 nitrogen and oxygen atoms in total. The first-order valence-electron chi connectivity index (χ1n) is 3.05. The van der Waals surface area contributed by atoms with Gasteiger partial charge in [-0.2, -0.15) is 0 Å². The lowest BCUT2D eigenvalue weighted by Gasteiger charge is -2.13. The molecule has 0 aliphatic carbocycles. The third kappa shape index (κ3) is 4.18. The van der Waals surface area contributed by atoms with Crippen LogP contribution < -0.4 is 5.32 Å². The van der Waals surface area contributed by atoms with Crippen LogP contribution in [-0.2, 0) is 9.53 Å². The summed E-state index contributed by atoms with van der Waals surface area (Å²) in [5.41, 5.74) is 0. The van der Waals surface area contributed by atoms with E-state index in [-0.39, 0.29) is 3.92 Å². The molecule has 0 saturated heterocycles. The van der Waals surface area contributed by atoms with Crippen LogP contribution in [0.15, 0.2) is 0 Å². The van der Waals surface area contributed by atoms with Crippen LogP contribution in [0.2, 0.25) is 0 Å². The van der Waals surface area contributed by atoms with Crippen LogP contribution in [0, 0.1) is 0 Å². The average Bonchev–Trinajstić information content (AvgIpc) is 1.99. The van der Waals surface area contributed by atoms with E-state index in [2.05, 4.69) is 32.6 Å². The zero-order valence-corrected chi connectivity index (χ0v) is 8.49. The average molecular weight is 271 g/mol. The summed E-state index contributed by atoms with van der Waals surface area (Å²) in [7, 11) is 1.26. The van der Waals surface area contributed by atoms with Crippen molar-refractivity contribution in [3.63, 3.8) is 0 Å². The molecular formula is C6H10INO3. The molecular weight excluding hydrogens is 261 g/mol. The minimum absolute atomic E-state index is 0.0594. The Bertz CT molecular complexity index is 149. The van der Waals surface area contributed by atoms with E-state index in [1.807, 2.05) is 6.92 Å². The van der Waals surface area contributed by atoms with Crippen LogP contribution in [0.3, 0.4) is 0 Å². The van der Waals surface area contributed by atoms with E-state index in [0.29, 0.717) is 6.29 Å². The first-order valence-corrected chi connectivity index (χ1v) is 4.30. The van der Waals surface area contributed by atoms with Crippen LogP contribution in [0.25, 0.3) is 0 Å². The van der Waals surface area contributed by atoms with E-state index in [1.165, 1.54) is 7.11 Å². The molecule has 0 aromatic carbocycles. The molecule has 11 heavy (non-hydrogen) atoms. The Morgan fingerprint density at radius 3 is 2.55 bits per heavy atom. The van der Waals surface area contributed by atoms with Gasteiger partial charge in [0.25, 0.3) is 0 Å². The fourth-order valence-electron chi connectivity index (χ4n) is 0.452. The fraction of sp³-hybridized carbons (Fsp3) is 0.667. The number of hydrogen-bond acceptors (Lipinski definition) is 3. The maximum absolute atomic E-state index is 10.6. The van der Waals surface area contributed by atoms with Gasteiger partial charge in [0.05, 0.1) is 13.2 Å². The smallest absolute Gasteiger partial charge is 0.407 e. The molecule has 0 aliphatic rings. The Balaban J connectivity index is 3.87. The van der Waals surface area contributed by atoms with Crippen LogP contribution in [0.4, 0.5) is 4.79 Å². The summed E-state index contributed by atoms with van der Waals surface area (Å²) in [6, 6.07) is -0.469. The number of halogens is 1. The van der Waals surface area contributed by atoms with Gasteiger partial charge >= 0.3 is 6.09 Å². The van der Waals surface area contributed by atoms with Crippen molar-refractivity contribution in [2.24, 2.45) is 0 Å². The number of ether oxygens (including phenoxy) is 1. The summed E-state index contributed by atoms with van der Waals surface area (Å²) in [5.74, 6) is 0. The molecule has 0 saturated carbocycles. The molecule has 1 N–H and O–H groups in total. The molecule has 0 radical (unpaired) electrons. The lowest BCUT2D eigenvalue weighted by atomic mass is 10.2. The van der Waals surface area contributed by atoms with Gasteiger partial charge in [-0.3, -0.25) is 0 Å². The van der Waals surface area contributed by atoms with Crippen molar-refractivity contribution in [3.8, 4) is 0 Å². The largest absolute Gasteiger partial charge is 0.453 e. The number of nitrogens with one attached hydrogen (secondary N) is 1. The minimum Gasteiger partial charge on any atom is -0.453 e. The highest BCUT2D eigenvalue weighted by Crippen LogP contribution is 2.02. The summed E-state index contributed by atoms with van der Waals surface area (Å²) in [4.78, 5) is 20.9. The van der Waals surface area contributed by atoms with Gasteiger partial charge in [-0.1, -0.05) is 29.5 Å². The van der Waals surface area contributed by atoms with Crippen molar-refractivity contribution < 1.29 is 14.3 Å². The standard InChI is InChI=1S/C6H10INO3/c1-4(7)5(3-9)8-6(10)11-2/h3-5H,1-2H3,(H,8,10)/t4?,5-/m1/s1. The zero-order valence-electron chi connectivity index (χ0n) is 6.33. The van der Waals surface area contributed by atoms with Gasteiger partial charge in [-0.05, 0) is 0 Å². The van der Waals surface area contributed by atoms with Crippen molar-refractivity contribution in [1.29, 1.82) is 0 Å². The Morgan fingerprint density at radius 2 is 2.27 bits per heavy atom. The number of rotatable bonds is 3. The maximum Gasteiger partial charge on any atom is 0.407 e. The monoisotopic (exact) mass is 271 g/mol. The molecule has 0 fully saturated rings. The Kier molecular flexibility index (Phi) is 5.18. The number of carbonyl (C=O) groups excluding carboxylic acids is 2. The fourth-order valence-corrected chi connectivity index (χ4v) is 0.801. The third-order valence-corrected chi connectivity index (χ3v) is 1.89. The zero-order chi connectivity index (χ0) is 8.85. The topological polar surface area (TPSA) is 55.4 Å². The quantitative estimate of drug-likeness (QED) is 0.468. The molecule has 2 atom stereocenters. The van der Waals surface area contributed by atoms with Gasteiger partial charge in [-0.25, -0.2) is 4.79 Å². The van der Waals surface area contributed by atoms with Crippen molar-refractivity contribution in [3.05, 3.63) is 0 Å². The predicted molar refractivity (Wildman–Crippen MR) is 48.9 cm³/mol. The van der Waals surface area contributed by atoms with E-state index in [4.69, 9.17) is 0 Å². The SMILES string of the molecule is COC(=O)N[C@H](C=O)C(C)I. The molecule has 1 unspecified atom stereocenters. The lowest BCUT2D eigenvalue weighted by Crippen LogP contribution is -2.40. The molecule has 0 spiro atoms. The van der Waals surface area contributed by atoms with Crippen molar-refractivity contribution in [2.45, 2.75) is 16.9 Å². The maximum atomic E-state index is 10.6. The van der Waals surface area contributed by atoms with Gasteiger partial charge in [0, 0.05) is 3.92 Å². The van der Waals surface area contributed by atoms with Crippen molar-refractivity contribution in [2.75, 3.05) is 7.11 Å². The second-order valence-corrected chi connectivity index (χ2v) is 3.94. The summed E-state index contributed by atoms with van der Waals surface area (Å²) in [6.45, 7) is 1.83. The van der Waals surface area contributed by atoms with Crippen LogP contribution in [-0.4, -0.2) is 29.5 Å².